The Morgan fingerprint density at radius 1 is 1.00 bits per heavy atom. The van der Waals surface area contributed by atoms with Crippen molar-refractivity contribution in [2.45, 2.75) is 38.5 Å². The summed E-state index contributed by atoms with van der Waals surface area (Å²) in [5.74, 6) is -2.37. The van der Waals surface area contributed by atoms with Gasteiger partial charge >= 0.3 is 12.1 Å². The third-order valence-corrected chi connectivity index (χ3v) is 6.88. The number of ketones is 1. The summed E-state index contributed by atoms with van der Waals surface area (Å²) in [6.45, 7) is 5.27. The molecule has 0 aliphatic carbocycles. The molecule has 1 fully saturated rings. The normalized spacial score (nSPS) is 16.2. The SMILES string of the molecule is CCOCOc1cccc(F)c1C(=O)c1ccc(C(=O)N[C@@H]2CN(C(=O)OC(C)(C)COC(=O)c3ccncc3)C[C@H]2N)cc1. The van der Waals surface area contributed by atoms with E-state index in [1.54, 1.807) is 20.8 Å². The highest BCUT2D eigenvalue weighted by atomic mass is 19.1. The Morgan fingerprint density at radius 2 is 1.69 bits per heavy atom. The molecular weight excluding hydrogens is 587 g/mol. The highest BCUT2D eigenvalue weighted by molar-refractivity contribution is 6.11. The minimum Gasteiger partial charge on any atom is -0.467 e. The summed E-state index contributed by atoms with van der Waals surface area (Å²) in [4.78, 5) is 56.4. The average molecular weight is 623 g/mol. The van der Waals surface area contributed by atoms with Crippen LogP contribution < -0.4 is 15.8 Å². The second-order valence-electron chi connectivity index (χ2n) is 10.9. The number of aromatic nitrogens is 1. The number of nitrogens with zero attached hydrogens (tertiary/aromatic N) is 2. The van der Waals surface area contributed by atoms with Gasteiger partial charge in [-0.25, -0.2) is 14.0 Å². The molecule has 2 amide bonds. The Hall–Kier alpha value is -4.88. The minimum atomic E-state index is -1.14. The minimum absolute atomic E-state index is 0.0444. The molecule has 0 unspecified atom stereocenters. The molecule has 12 nitrogen and oxygen atoms in total. The van der Waals surface area contributed by atoms with E-state index >= 15 is 0 Å². The number of pyridine rings is 1. The maximum absolute atomic E-state index is 14.6. The molecular formula is C32H35FN4O8. The van der Waals surface area contributed by atoms with E-state index in [-0.39, 0.29) is 48.9 Å². The van der Waals surface area contributed by atoms with Gasteiger partial charge in [-0.2, -0.15) is 0 Å². The number of hydrogen-bond acceptors (Lipinski definition) is 10. The summed E-state index contributed by atoms with van der Waals surface area (Å²) in [6, 6.07) is 11.6. The maximum atomic E-state index is 14.6. The topological polar surface area (TPSA) is 159 Å². The molecule has 13 heteroatoms. The summed E-state index contributed by atoms with van der Waals surface area (Å²) in [5.41, 5.74) is 5.55. The van der Waals surface area contributed by atoms with E-state index in [0.717, 1.165) is 6.07 Å². The van der Waals surface area contributed by atoms with Crippen LogP contribution in [-0.2, 0) is 14.2 Å². The second-order valence-corrected chi connectivity index (χ2v) is 10.9. The predicted molar refractivity (Wildman–Crippen MR) is 159 cm³/mol. The number of esters is 1. The van der Waals surface area contributed by atoms with Gasteiger partial charge in [0.25, 0.3) is 5.91 Å². The summed E-state index contributed by atoms with van der Waals surface area (Å²) >= 11 is 0. The summed E-state index contributed by atoms with van der Waals surface area (Å²) in [7, 11) is 0. The molecule has 0 saturated carbocycles. The Bertz CT molecular complexity index is 1520. The zero-order valence-corrected chi connectivity index (χ0v) is 25.2. The van der Waals surface area contributed by atoms with Crippen molar-refractivity contribution in [1.29, 1.82) is 0 Å². The smallest absolute Gasteiger partial charge is 0.410 e. The van der Waals surface area contributed by atoms with Gasteiger partial charge in [0, 0.05) is 49.3 Å². The highest BCUT2D eigenvalue weighted by Crippen LogP contribution is 2.25. The van der Waals surface area contributed by atoms with Crippen LogP contribution in [0.3, 0.4) is 0 Å². The van der Waals surface area contributed by atoms with Gasteiger partial charge in [-0.05, 0) is 57.2 Å². The van der Waals surface area contributed by atoms with Crippen molar-refractivity contribution in [3.8, 4) is 5.75 Å². The maximum Gasteiger partial charge on any atom is 0.410 e. The van der Waals surface area contributed by atoms with Crippen LogP contribution in [0.1, 0.15) is 57.4 Å². The van der Waals surface area contributed by atoms with Gasteiger partial charge in [-0.1, -0.05) is 18.2 Å². The molecule has 238 valence electrons. The standard InChI is InChI=1S/C32H35FN4O8/c1-4-42-19-44-26-7-5-6-23(33)27(26)28(38)20-8-10-21(11-9-20)29(39)36-25-17-37(16-24(25)34)31(41)45-32(2,3)18-43-30(40)22-12-14-35-15-13-22/h5-15,24-25H,4,16-19,34H2,1-3H3,(H,36,39)/t24-,25-/m1/s1. The lowest BCUT2D eigenvalue weighted by Crippen LogP contribution is -2.46. The lowest BCUT2D eigenvalue weighted by atomic mass is 10.0. The molecule has 2 atom stereocenters. The Labute approximate surface area is 259 Å². The fourth-order valence-corrected chi connectivity index (χ4v) is 4.47. The monoisotopic (exact) mass is 622 g/mol. The fraction of sp³-hybridized carbons (Fsp3) is 0.344. The molecule has 1 saturated heterocycles. The Kier molecular flexibility index (Phi) is 10.8. The zero-order chi connectivity index (χ0) is 32.6. The number of nitrogens with one attached hydrogen (secondary N) is 1. The number of hydrogen-bond donors (Lipinski definition) is 2. The Balaban J connectivity index is 1.31. The number of carbonyl (C=O) groups excluding carboxylic acids is 4. The van der Waals surface area contributed by atoms with Gasteiger partial charge in [0.05, 0.1) is 11.6 Å². The zero-order valence-electron chi connectivity index (χ0n) is 25.2. The Morgan fingerprint density at radius 3 is 2.38 bits per heavy atom. The van der Waals surface area contributed by atoms with Crippen molar-refractivity contribution in [2.24, 2.45) is 5.73 Å². The number of nitrogens with two attached hydrogens (primary N) is 1. The number of ether oxygens (including phenoxy) is 4. The predicted octanol–water partition coefficient (Wildman–Crippen LogP) is 3.34. The first-order valence-electron chi connectivity index (χ1n) is 14.2. The van der Waals surface area contributed by atoms with Crippen molar-refractivity contribution in [1.82, 2.24) is 15.2 Å². The molecule has 0 radical (unpaired) electrons. The number of halogens is 1. The molecule has 3 N–H and O–H groups in total. The first-order chi connectivity index (χ1) is 21.5. The fourth-order valence-electron chi connectivity index (χ4n) is 4.47. The number of carbonyl (C=O) groups is 4. The van der Waals surface area contributed by atoms with Gasteiger partial charge in [0.15, 0.2) is 12.6 Å². The summed E-state index contributed by atoms with van der Waals surface area (Å²) in [6.07, 6.45) is 2.26. The number of rotatable bonds is 12. The molecule has 1 aliphatic rings. The molecule has 2 heterocycles. The number of likely N-dealkylation sites (tertiary alicyclic amines) is 1. The molecule has 3 aromatic rings. The van der Waals surface area contributed by atoms with Crippen molar-refractivity contribution in [3.05, 3.63) is 95.1 Å². The molecule has 0 spiro atoms. The number of benzene rings is 2. The van der Waals surface area contributed by atoms with Crippen LogP contribution in [0.4, 0.5) is 9.18 Å². The third kappa shape index (κ3) is 8.61. The molecule has 1 aliphatic heterocycles. The van der Waals surface area contributed by atoms with Gasteiger partial charge < -0.3 is 34.9 Å². The highest BCUT2D eigenvalue weighted by Gasteiger charge is 2.37. The van der Waals surface area contributed by atoms with Crippen LogP contribution >= 0.6 is 0 Å². The number of amides is 2. The van der Waals surface area contributed by atoms with Crippen LogP contribution in [0, 0.1) is 5.82 Å². The van der Waals surface area contributed by atoms with E-state index in [1.807, 2.05) is 0 Å². The van der Waals surface area contributed by atoms with Crippen molar-refractivity contribution in [2.75, 3.05) is 33.1 Å². The van der Waals surface area contributed by atoms with E-state index in [9.17, 15) is 23.6 Å². The van der Waals surface area contributed by atoms with Gasteiger partial charge in [0.1, 0.15) is 29.3 Å². The van der Waals surface area contributed by atoms with E-state index in [1.165, 1.54) is 65.8 Å². The quantitative estimate of drug-likeness (QED) is 0.133. The van der Waals surface area contributed by atoms with Crippen LogP contribution in [0.15, 0.2) is 67.0 Å². The first kappa shape index (κ1) is 33.0. The molecule has 2 aromatic carbocycles. The summed E-state index contributed by atoms with van der Waals surface area (Å²) in [5, 5.41) is 2.81. The van der Waals surface area contributed by atoms with Crippen molar-refractivity contribution >= 4 is 23.8 Å². The molecule has 1 aromatic heterocycles. The van der Waals surface area contributed by atoms with Gasteiger partial charge in [-0.3, -0.25) is 14.6 Å². The van der Waals surface area contributed by atoms with Crippen LogP contribution in [0.5, 0.6) is 5.75 Å². The van der Waals surface area contributed by atoms with E-state index < -0.39 is 47.3 Å². The van der Waals surface area contributed by atoms with E-state index in [0.29, 0.717) is 12.2 Å². The van der Waals surface area contributed by atoms with Crippen LogP contribution in [-0.4, -0.2) is 84.4 Å². The molecule has 45 heavy (non-hydrogen) atoms. The third-order valence-electron chi connectivity index (χ3n) is 6.88. The van der Waals surface area contributed by atoms with Crippen LogP contribution in [0.25, 0.3) is 0 Å². The summed E-state index contributed by atoms with van der Waals surface area (Å²) < 4.78 is 36.0. The first-order valence-corrected chi connectivity index (χ1v) is 14.2. The van der Waals surface area contributed by atoms with Crippen molar-refractivity contribution < 1.29 is 42.5 Å². The van der Waals surface area contributed by atoms with Gasteiger partial charge in [-0.15, -0.1) is 0 Å². The van der Waals surface area contributed by atoms with Crippen LogP contribution in [0.2, 0.25) is 0 Å². The van der Waals surface area contributed by atoms with E-state index in [4.69, 9.17) is 24.7 Å². The molecule has 4 rings (SSSR count). The van der Waals surface area contributed by atoms with E-state index in [2.05, 4.69) is 10.3 Å². The lowest BCUT2D eigenvalue weighted by molar-refractivity contribution is -0.0321. The average Bonchev–Trinajstić information content (AvgIpc) is 3.40. The second kappa shape index (κ2) is 14.7. The molecule has 0 bridgehead atoms. The largest absolute Gasteiger partial charge is 0.467 e. The van der Waals surface area contributed by atoms with Gasteiger partial charge in [0.2, 0.25) is 0 Å². The van der Waals surface area contributed by atoms with Crippen molar-refractivity contribution in [3.63, 3.8) is 0 Å². The lowest BCUT2D eigenvalue weighted by Gasteiger charge is -2.27.